The number of nitrogens with one attached hydrogen (secondary N) is 2. The Balaban J connectivity index is 2.22. The van der Waals surface area contributed by atoms with Crippen LogP contribution >= 0.6 is 11.8 Å². The van der Waals surface area contributed by atoms with Gasteiger partial charge in [-0.2, -0.15) is 16.5 Å². The van der Waals surface area contributed by atoms with Gasteiger partial charge in [0.05, 0.1) is 0 Å². The van der Waals surface area contributed by atoms with Gasteiger partial charge in [0.15, 0.2) is 0 Å². The molecular weight excluding hydrogens is 399 g/mol. The predicted molar refractivity (Wildman–Crippen MR) is 113 cm³/mol. The van der Waals surface area contributed by atoms with Gasteiger partial charge in [0, 0.05) is 5.69 Å². The van der Waals surface area contributed by atoms with E-state index < -0.39 is 32.7 Å². The van der Waals surface area contributed by atoms with Crippen molar-refractivity contribution in [2.24, 2.45) is 0 Å². The van der Waals surface area contributed by atoms with Crippen molar-refractivity contribution < 1.29 is 17.6 Å². The molecule has 8 heteroatoms. The smallest absolute Gasteiger partial charge is 0.244 e. The molecule has 28 heavy (non-hydrogen) atoms. The second-order valence-electron chi connectivity index (χ2n) is 6.66. The summed E-state index contributed by atoms with van der Waals surface area (Å²) in [6.45, 7) is 4.09. The highest BCUT2D eigenvalue weighted by Crippen LogP contribution is 2.20. The molecular formula is C20H25FN2O3S2. The summed E-state index contributed by atoms with van der Waals surface area (Å²) in [4.78, 5) is 12.3. The Bertz CT molecular complexity index is 917. The molecule has 1 amide bonds. The number of amides is 1. The summed E-state index contributed by atoms with van der Waals surface area (Å²) >= 11 is 1.50. The number of hydrogen-bond donors (Lipinski definition) is 2. The number of rotatable bonds is 9. The van der Waals surface area contributed by atoms with Crippen LogP contribution in [-0.2, 0) is 14.8 Å². The lowest BCUT2D eigenvalue weighted by atomic mass is 10.0. The number of carbonyl (C=O) groups is 1. The predicted octanol–water partition coefficient (Wildman–Crippen LogP) is 3.99. The molecule has 152 valence electrons. The fourth-order valence-corrected chi connectivity index (χ4v) is 4.38. The van der Waals surface area contributed by atoms with Crippen LogP contribution in [0, 0.1) is 5.82 Å². The number of halogens is 1. The van der Waals surface area contributed by atoms with Crippen LogP contribution in [0.2, 0.25) is 0 Å². The van der Waals surface area contributed by atoms with Gasteiger partial charge in [-0.1, -0.05) is 38.1 Å². The lowest BCUT2D eigenvalue weighted by Gasteiger charge is -2.19. The molecule has 0 fully saturated rings. The number of thioether (sulfide) groups is 1. The third-order valence-corrected chi connectivity index (χ3v) is 6.32. The molecule has 2 aromatic carbocycles. The zero-order valence-electron chi connectivity index (χ0n) is 16.1. The average molecular weight is 425 g/mol. The van der Waals surface area contributed by atoms with Gasteiger partial charge in [0.2, 0.25) is 15.9 Å². The minimum Gasteiger partial charge on any atom is -0.325 e. The van der Waals surface area contributed by atoms with Gasteiger partial charge < -0.3 is 5.32 Å². The topological polar surface area (TPSA) is 75.3 Å². The van der Waals surface area contributed by atoms with E-state index in [1.54, 1.807) is 6.07 Å². The minimum absolute atomic E-state index is 0.282. The number of benzene rings is 2. The molecule has 0 heterocycles. The van der Waals surface area contributed by atoms with Crippen molar-refractivity contribution in [2.45, 2.75) is 37.1 Å². The van der Waals surface area contributed by atoms with Crippen LogP contribution in [0.4, 0.5) is 10.1 Å². The first-order valence-corrected chi connectivity index (χ1v) is 11.8. The van der Waals surface area contributed by atoms with Crippen LogP contribution in [0.15, 0.2) is 53.4 Å². The Kier molecular flexibility index (Phi) is 8.03. The number of carbonyl (C=O) groups excluding carboxylic acids is 1. The fourth-order valence-electron chi connectivity index (χ4n) is 2.60. The van der Waals surface area contributed by atoms with Crippen molar-refractivity contribution in [3.63, 3.8) is 0 Å². The lowest BCUT2D eigenvalue weighted by molar-refractivity contribution is -0.117. The maximum atomic E-state index is 13.9. The van der Waals surface area contributed by atoms with Crippen molar-refractivity contribution in [1.29, 1.82) is 0 Å². The van der Waals surface area contributed by atoms with E-state index in [2.05, 4.69) is 10.0 Å². The molecule has 2 aromatic rings. The molecule has 0 spiro atoms. The van der Waals surface area contributed by atoms with E-state index in [4.69, 9.17) is 0 Å². The van der Waals surface area contributed by atoms with E-state index in [1.807, 2.05) is 38.3 Å². The standard InChI is InChI=1S/C20H25FN2O3S2/c1-14(2)15-7-6-8-16(13-15)22-20(24)18(11-12-27-3)23-28(25,26)19-10-5-4-9-17(19)21/h4-10,13-14,18,23H,11-12H2,1-3H3,(H,22,24). The molecule has 1 atom stereocenters. The lowest BCUT2D eigenvalue weighted by Crippen LogP contribution is -2.44. The number of hydrogen-bond acceptors (Lipinski definition) is 4. The van der Waals surface area contributed by atoms with Crippen molar-refractivity contribution in [2.75, 3.05) is 17.3 Å². The second kappa shape index (κ2) is 10.0. The van der Waals surface area contributed by atoms with Gasteiger partial charge in [-0.15, -0.1) is 0 Å². The first kappa shape index (κ1) is 22.4. The SMILES string of the molecule is CSCCC(NS(=O)(=O)c1ccccc1F)C(=O)Nc1cccc(C(C)C)c1. The van der Waals surface area contributed by atoms with E-state index in [1.165, 1.54) is 30.0 Å². The maximum Gasteiger partial charge on any atom is 0.244 e. The first-order valence-electron chi connectivity index (χ1n) is 8.91. The van der Waals surface area contributed by atoms with Gasteiger partial charge in [-0.05, 0) is 54.2 Å². The Hall–Kier alpha value is -1.90. The summed E-state index contributed by atoms with van der Waals surface area (Å²) in [5, 5.41) is 2.77. The summed E-state index contributed by atoms with van der Waals surface area (Å²) in [6, 6.07) is 11.5. The van der Waals surface area contributed by atoms with Crippen LogP contribution < -0.4 is 10.0 Å². The maximum absolute atomic E-state index is 13.9. The molecule has 0 saturated heterocycles. The van der Waals surface area contributed by atoms with Crippen molar-refractivity contribution >= 4 is 33.4 Å². The van der Waals surface area contributed by atoms with Crippen molar-refractivity contribution in [1.82, 2.24) is 4.72 Å². The average Bonchev–Trinajstić information content (AvgIpc) is 2.65. The van der Waals surface area contributed by atoms with Crippen LogP contribution in [-0.4, -0.2) is 32.4 Å². The van der Waals surface area contributed by atoms with E-state index in [0.29, 0.717) is 17.4 Å². The molecule has 2 N–H and O–H groups in total. The van der Waals surface area contributed by atoms with Crippen LogP contribution in [0.5, 0.6) is 0 Å². The Morgan fingerprint density at radius 2 is 1.86 bits per heavy atom. The highest BCUT2D eigenvalue weighted by Gasteiger charge is 2.27. The van der Waals surface area contributed by atoms with Gasteiger partial charge in [0.1, 0.15) is 16.8 Å². The van der Waals surface area contributed by atoms with Crippen LogP contribution in [0.3, 0.4) is 0 Å². The Morgan fingerprint density at radius 3 is 2.50 bits per heavy atom. The second-order valence-corrected chi connectivity index (χ2v) is 9.32. The molecule has 5 nitrogen and oxygen atoms in total. The highest BCUT2D eigenvalue weighted by molar-refractivity contribution is 7.98. The molecule has 0 bridgehead atoms. The number of sulfonamides is 1. The zero-order valence-corrected chi connectivity index (χ0v) is 17.7. The minimum atomic E-state index is -4.17. The highest BCUT2D eigenvalue weighted by atomic mass is 32.2. The van der Waals surface area contributed by atoms with Crippen LogP contribution in [0.25, 0.3) is 0 Å². The van der Waals surface area contributed by atoms with Crippen molar-refractivity contribution in [3.8, 4) is 0 Å². The van der Waals surface area contributed by atoms with E-state index >= 15 is 0 Å². The Labute approximate surface area is 170 Å². The first-order chi connectivity index (χ1) is 13.2. The normalized spacial score (nSPS) is 12.8. The summed E-state index contributed by atoms with van der Waals surface area (Å²) in [6.07, 6.45) is 2.15. The molecule has 0 aromatic heterocycles. The van der Waals surface area contributed by atoms with E-state index in [0.717, 1.165) is 11.6 Å². The summed E-state index contributed by atoms with van der Waals surface area (Å²) < 4.78 is 41.5. The molecule has 0 aliphatic carbocycles. The fraction of sp³-hybridized carbons (Fsp3) is 0.350. The van der Waals surface area contributed by atoms with Gasteiger partial charge in [0.25, 0.3) is 0 Å². The third kappa shape index (κ3) is 6.05. The Morgan fingerprint density at radius 1 is 1.14 bits per heavy atom. The van der Waals surface area contributed by atoms with E-state index in [9.17, 15) is 17.6 Å². The summed E-state index contributed by atoms with van der Waals surface area (Å²) in [7, 11) is -4.17. The van der Waals surface area contributed by atoms with Crippen molar-refractivity contribution in [3.05, 3.63) is 59.9 Å². The molecule has 1 unspecified atom stereocenters. The molecule has 2 rings (SSSR count). The summed E-state index contributed by atoms with van der Waals surface area (Å²) in [5.74, 6) is -0.466. The van der Waals surface area contributed by atoms with E-state index in [-0.39, 0.29) is 6.42 Å². The molecule has 0 radical (unpaired) electrons. The van der Waals surface area contributed by atoms with Gasteiger partial charge in [-0.25, -0.2) is 12.8 Å². The molecule has 0 aliphatic rings. The number of anilines is 1. The monoisotopic (exact) mass is 424 g/mol. The van der Waals surface area contributed by atoms with Gasteiger partial charge >= 0.3 is 0 Å². The molecule has 0 aliphatic heterocycles. The largest absolute Gasteiger partial charge is 0.325 e. The zero-order chi connectivity index (χ0) is 20.7. The van der Waals surface area contributed by atoms with Gasteiger partial charge in [-0.3, -0.25) is 4.79 Å². The summed E-state index contributed by atoms with van der Waals surface area (Å²) in [5.41, 5.74) is 1.65. The quantitative estimate of drug-likeness (QED) is 0.638. The third-order valence-electron chi connectivity index (χ3n) is 4.17. The molecule has 0 saturated carbocycles. The van der Waals surface area contributed by atoms with Crippen LogP contribution in [0.1, 0.15) is 31.7 Å².